The summed E-state index contributed by atoms with van der Waals surface area (Å²) in [6.07, 6.45) is 0.0728. The highest BCUT2D eigenvalue weighted by Crippen LogP contribution is 2.10. The number of nitrogens with two attached hydrogens (primary N) is 1. The van der Waals surface area contributed by atoms with E-state index in [4.69, 9.17) is 11.0 Å². The Hall–Kier alpha value is -2.33. The summed E-state index contributed by atoms with van der Waals surface area (Å²) >= 11 is 0. The van der Waals surface area contributed by atoms with Crippen LogP contribution in [0.3, 0.4) is 0 Å². The molecular formula is C12H9FN2O. The van der Waals surface area contributed by atoms with E-state index in [0.717, 1.165) is 0 Å². The summed E-state index contributed by atoms with van der Waals surface area (Å²) in [4.78, 5) is 10.5. The topological polar surface area (TPSA) is 66.9 Å². The van der Waals surface area contributed by atoms with E-state index in [-0.39, 0.29) is 12.8 Å². The van der Waals surface area contributed by atoms with Crippen molar-refractivity contribution < 1.29 is 9.18 Å². The summed E-state index contributed by atoms with van der Waals surface area (Å²) in [6.45, 7) is 0. The maximum absolute atomic E-state index is 12.9. The summed E-state index contributed by atoms with van der Waals surface area (Å²) in [7, 11) is 0. The van der Waals surface area contributed by atoms with Crippen LogP contribution in [0, 0.1) is 29.0 Å². The van der Waals surface area contributed by atoms with E-state index in [9.17, 15) is 9.18 Å². The van der Waals surface area contributed by atoms with Gasteiger partial charge in [-0.1, -0.05) is 17.9 Å². The van der Waals surface area contributed by atoms with Gasteiger partial charge in [-0.25, -0.2) is 4.39 Å². The minimum Gasteiger partial charge on any atom is -0.369 e. The first-order valence-electron chi connectivity index (χ1n) is 4.56. The predicted octanol–water partition coefficient (Wildman–Crippen LogP) is 1.12. The van der Waals surface area contributed by atoms with Crippen LogP contribution >= 0.6 is 0 Å². The number of amides is 1. The highest BCUT2D eigenvalue weighted by molar-refractivity contribution is 5.76. The fraction of sp³-hybridized carbons (Fsp3) is 0.167. The summed E-state index contributed by atoms with van der Waals surface area (Å²) in [5, 5.41) is 8.56. The van der Waals surface area contributed by atoms with Crippen molar-refractivity contribution in [2.75, 3.05) is 0 Å². The van der Waals surface area contributed by atoms with Gasteiger partial charge in [0, 0.05) is 5.56 Å². The van der Waals surface area contributed by atoms with E-state index in [0.29, 0.717) is 11.1 Å². The van der Waals surface area contributed by atoms with Gasteiger partial charge in [0.2, 0.25) is 5.91 Å². The fourth-order valence-corrected chi connectivity index (χ4v) is 1.13. The summed E-state index contributed by atoms with van der Waals surface area (Å²) in [6, 6.07) is 5.97. The SMILES string of the molecule is N#CCc1ccc(F)cc1C#CCC(N)=O. The number of nitrogens with zero attached hydrogens (tertiary/aromatic N) is 1. The molecule has 0 bridgehead atoms. The van der Waals surface area contributed by atoms with Crippen LogP contribution in [0.15, 0.2) is 18.2 Å². The molecule has 0 heterocycles. The molecule has 16 heavy (non-hydrogen) atoms. The molecule has 2 N–H and O–H groups in total. The zero-order chi connectivity index (χ0) is 12.0. The molecule has 0 unspecified atom stereocenters. The van der Waals surface area contributed by atoms with Gasteiger partial charge < -0.3 is 5.73 Å². The van der Waals surface area contributed by atoms with E-state index in [2.05, 4.69) is 11.8 Å². The van der Waals surface area contributed by atoms with Gasteiger partial charge in [-0.05, 0) is 17.7 Å². The van der Waals surface area contributed by atoms with Gasteiger partial charge in [-0.3, -0.25) is 4.79 Å². The zero-order valence-electron chi connectivity index (χ0n) is 8.46. The van der Waals surface area contributed by atoms with E-state index in [1.807, 2.05) is 6.07 Å². The Labute approximate surface area is 92.7 Å². The van der Waals surface area contributed by atoms with Gasteiger partial charge >= 0.3 is 0 Å². The normalized spacial score (nSPS) is 8.75. The molecule has 0 aliphatic carbocycles. The van der Waals surface area contributed by atoms with Crippen LogP contribution in [0.25, 0.3) is 0 Å². The second-order valence-corrected chi connectivity index (χ2v) is 3.08. The first kappa shape index (κ1) is 11.7. The minimum atomic E-state index is -0.536. The molecule has 0 saturated heterocycles. The third-order valence-electron chi connectivity index (χ3n) is 1.83. The number of primary amides is 1. The molecule has 3 nitrogen and oxygen atoms in total. The Morgan fingerprint density at radius 3 is 2.88 bits per heavy atom. The molecule has 0 saturated carbocycles. The van der Waals surface area contributed by atoms with Gasteiger partial charge in [0.1, 0.15) is 5.82 Å². The largest absolute Gasteiger partial charge is 0.369 e. The molecule has 0 aliphatic rings. The number of rotatable bonds is 2. The lowest BCUT2D eigenvalue weighted by molar-refractivity contribution is -0.117. The number of benzene rings is 1. The van der Waals surface area contributed by atoms with Crippen molar-refractivity contribution in [3.63, 3.8) is 0 Å². The predicted molar refractivity (Wildman–Crippen MR) is 56.4 cm³/mol. The lowest BCUT2D eigenvalue weighted by Gasteiger charge is -1.99. The third kappa shape index (κ3) is 3.43. The van der Waals surface area contributed by atoms with E-state index >= 15 is 0 Å². The molecular weight excluding hydrogens is 207 g/mol. The Kier molecular flexibility index (Phi) is 4.06. The average Bonchev–Trinajstić information content (AvgIpc) is 2.21. The molecule has 1 aromatic rings. The second kappa shape index (κ2) is 5.53. The van der Waals surface area contributed by atoms with E-state index in [1.165, 1.54) is 18.2 Å². The molecule has 1 aromatic carbocycles. The lowest BCUT2D eigenvalue weighted by atomic mass is 10.1. The number of nitriles is 1. The van der Waals surface area contributed by atoms with Gasteiger partial charge in [0.05, 0.1) is 18.9 Å². The number of hydrogen-bond donors (Lipinski definition) is 1. The molecule has 0 atom stereocenters. The minimum absolute atomic E-state index is 0.0808. The summed E-state index contributed by atoms with van der Waals surface area (Å²) < 4.78 is 12.9. The molecule has 0 fully saturated rings. The van der Waals surface area contributed by atoms with Crippen molar-refractivity contribution in [3.8, 4) is 17.9 Å². The monoisotopic (exact) mass is 216 g/mol. The molecule has 4 heteroatoms. The maximum Gasteiger partial charge on any atom is 0.229 e. The van der Waals surface area contributed by atoms with Gasteiger partial charge in [0.15, 0.2) is 0 Å². The van der Waals surface area contributed by atoms with Crippen molar-refractivity contribution in [3.05, 3.63) is 35.1 Å². The fourth-order valence-electron chi connectivity index (χ4n) is 1.13. The Balaban J connectivity index is 2.99. The summed E-state index contributed by atoms with van der Waals surface area (Å²) in [5.41, 5.74) is 5.97. The number of halogens is 1. The van der Waals surface area contributed by atoms with Crippen molar-refractivity contribution in [2.45, 2.75) is 12.8 Å². The Morgan fingerprint density at radius 2 is 2.25 bits per heavy atom. The number of carbonyl (C=O) groups is 1. The smallest absolute Gasteiger partial charge is 0.229 e. The first-order chi connectivity index (χ1) is 7.63. The van der Waals surface area contributed by atoms with Crippen LogP contribution in [0.1, 0.15) is 17.5 Å². The van der Waals surface area contributed by atoms with Crippen LogP contribution in [0.4, 0.5) is 4.39 Å². The second-order valence-electron chi connectivity index (χ2n) is 3.08. The Bertz CT molecular complexity index is 506. The van der Waals surface area contributed by atoms with Crippen LogP contribution in [0.5, 0.6) is 0 Å². The highest BCUT2D eigenvalue weighted by Gasteiger charge is 2.01. The van der Waals surface area contributed by atoms with E-state index < -0.39 is 11.7 Å². The third-order valence-corrected chi connectivity index (χ3v) is 1.83. The van der Waals surface area contributed by atoms with E-state index in [1.54, 1.807) is 0 Å². The zero-order valence-corrected chi connectivity index (χ0v) is 8.46. The molecule has 0 aromatic heterocycles. The molecule has 0 spiro atoms. The standard InChI is InChI=1S/C12H9FN2O/c13-11-5-4-9(6-7-14)10(8-11)2-1-3-12(15)16/h4-5,8H,3,6H2,(H2,15,16). The molecule has 0 aliphatic heterocycles. The molecule has 0 radical (unpaired) electrons. The van der Waals surface area contributed by atoms with Gasteiger partial charge in [-0.2, -0.15) is 5.26 Å². The van der Waals surface area contributed by atoms with Crippen molar-refractivity contribution in [1.82, 2.24) is 0 Å². The lowest BCUT2D eigenvalue weighted by Crippen LogP contribution is -2.08. The Morgan fingerprint density at radius 1 is 1.50 bits per heavy atom. The summed E-state index contributed by atoms with van der Waals surface area (Å²) in [5.74, 6) is 4.19. The van der Waals surface area contributed by atoms with Crippen LogP contribution in [-0.2, 0) is 11.2 Å². The molecule has 1 rings (SSSR count). The van der Waals surface area contributed by atoms with Gasteiger partial charge in [0.25, 0.3) is 0 Å². The first-order valence-corrected chi connectivity index (χ1v) is 4.56. The van der Waals surface area contributed by atoms with Crippen molar-refractivity contribution in [1.29, 1.82) is 5.26 Å². The number of hydrogen-bond acceptors (Lipinski definition) is 2. The van der Waals surface area contributed by atoms with Crippen molar-refractivity contribution >= 4 is 5.91 Å². The quantitative estimate of drug-likeness (QED) is 0.753. The average molecular weight is 216 g/mol. The number of carbonyl (C=O) groups excluding carboxylic acids is 1. The van der Waals surface area contributed by atoms with Crippen LogP contribution in [-0.4, -0.2) is 5.91 Å². The highest BCUT2D eigenvalue weighted by atomic mass is 19.1. The maximum atomic E-state index is 12.9. The van der Waals surface area contributed by atoms with Crippen molar-refractivity contribution in [2.24, 2.45) is 5.73 Å². The van der Waals surface area contributed by atoms with Crippen LogP contribution < -0.4 is 5.73 Å². The molecule has 80 valence electrons. The van der Waals surface area contributed by atoms with Crippen LogP contribution in [0.2, 0.25) is 0 Å². The van der Waals surface area contributed by atoms with Gasteiger partial charge in [-0.15, -0.1) is 0 Å². The molecule has 1 amide bonds.